The van der Waals surface area contributed by atoms with E-state index in [1.54, 1.807) is 0 Å². The van der Waals surface area contributed by atoms with Crippen LogP contribution in [0.3, 0.4) is 0 Å². The first-order valence-electron chi connectivity index (χ1n) is 3.23. The predicted molar refractivity (Wildman–Crippen MR) is 35.5 cm³/mol. The molecule has 11 heavy (non-hydrogen) atoms. The Kier molecular flexibility index (Phi) is 2.74. The third-order valence-corrected chi connectivity index (χ3v) is 1.15. The van der Waals surface area contributed by atoms with E-state index in [1.165, 1.54) is 6.42 Å². The highest BCUT2D eigenvalue weighted by atomic mass is 16.5. The quantitative estimate of drug-likeness (QED) is 0.632. The zero-order valence-corrected chi connectivity index (χ0v) is 5.87. The summed E-state index contributed by atoms with van der Waals surface area (Å²) < 4.78 is 8.93. The van der Waals surface area contributed by atoms with Gasteiger partial charge in [0, 0.05) is 13.2 Å². The first-order chi connectivity index (χ1) is 5.30. The van der Waals surface area contributed by atoms with Crippen molar-refractivity contribution < 1.29 is 19.2 Å². The number of H-pyrrole nitrogens is 1. The van der Waals surface area contributed by atoms with Gasteiger partial charge in [-0.05, 0) is 6.42 Å². The van der Waals surface area contributed by atoms with Crippen LogP contribution in [0.2, 0.25) is 0 Å². The first-order valence-corrected chi connectivity index (χ1v) is 3.23. The molecule has 0 unspecified atom stereocenters. The highest BCUT2D eigenvalue weighted by molar-refractivity contribution is 5.84. The van der Waals surface area contributed by atoms with Gasteiger partial charge < -0.3 is 14.4 Å². The third kappa shape index (κ3) is 2.46. The minimum Gasteiger partial charge on any atom is -0.476 e. The van der Waals surface area contributed by atoms with Gasteiger partial charge in [-0.3, -0.25) is 0 Å². The van der Waals surface area contributed by atoms with Gasteiger partial charge in [0.25, 0.3) is 0 Å². The van der Waals surface area contributed by atoms with Gasteiger partial charge in [-0.1, -0.05) is 0 Å². The molecule has 0 amide bonds. The Morgan fingerprint density at radius 2 is 2.09 bits per heavy atom. The van der Waals surface area contributed by atoms with Gasteiger partial charge in [0.05, 0.1) is 0 Å². The molecular formula is C6H9NO4. The molecule has 0 saturated carbocycles. The maximum atomic E-state index is 9.77. The van der Waals surface area contributed by atoms with Gasteiger partial charge >= 0.3 is 5.97 Å². The second kappa shape index (κ2) is 3.82. The summed E-state index contributed by atoms with van der Waals surface area (Å²) in [6, 6.07) is 0. The van der Waals surface area contributed by atoms with Crippen LogP contribution in [0.4, 0.5) is 0 Å². The molecule has 5 nitrogen and oxygen atoms in total. The van der Waals surface area contributed by atoms with Crippen LogP contribution in [0, 0.1) is 0 Å². The molecule has 62 valence electrons. The second-order valence-electron chi connectivity index (χ2n) is 2.02. The van der Waals surface area contributed by atoms with Crippen molar-refractivity contribution in [3.05, 3.63) is 12.0 Å². The minimum absolute atomic E-state index is 0.0972. The summed E-state index contributed by atoms with van der Waals surface area (Å²) in [7, 11) is 0. The van der Waals surface area contributed by atoms with Crippen LogP contribution in [0.15, 0.2) is 10.8 Å². The summed E-state index contributed by atoms with van der Waals surface area (Å²) in [6.45, 7) is 2.00. The smallest absolute Gasteiger partial charge is 0.358 e. The van der Waals surface area contributed by atoms with Crippen LogP contribution in [0.5, 0.6) is 0 Å². The lowest BCUT2D eigenvalue weighted by molar-refractivity contribution is 0.0367. The van der Waals surface area contributed by atoms with E-state index in [9.17, 15) is 4.79 Å². The van der Waals surface area contributed by atoms with Crippen molar-refractivity contribution in [3.8, 4) is 0 Å². The monoisotopic (exact) mass is 159 g/mol. The third-order valence-electron chi connectivity index (χ3n) is 1.15. The highest BCUT2D eigenvalue weighted by Crippen LogP contribution is 1.93. The van der Waals surface area contributed by atoms with Gasteiger partial charge in [0.2, 0.25) is 0 Å². The van der Waals surface area contributed by atoms with Gasteiger partial charge in [0.1, 0.15) is 0 Å². The summed E-state index contributed by atoms with van der Waals surface area (Å²) in [5.41, 5.74) is 0.0972. The van der Waals surface area contributed by atoms with Crippen molar-refractivity contribution in [2.75, 3.05) is 13.2 Å². The van der Waals surface area contributed by atoms with E-state index in [2.05, 4.69) is 9.68 Å². The second-order valence-corrected chi connectivity index (χ2v) is 2.02. The van der Waals surface area contributed by atoms with Crippen LogP contribution < -0.4 is 0 Å². The molecule has 0 bridgehead atoms. The van der Waals surface area contributed by atoms with E-state index in [0.717, 1.165) is 19.5 Å². The van der Waals surface area contributed by atoms with Crippen molar-refractivity contribution in [1.82, 2.24) is 5.16 Å². The molecule has 2 rings (SSSR count). The highest BCUT2D eigenvalue weighted by Gasteiger charge is 2.04. The van der Waals surface area contributed by atoms with Gasteiger partial charge in [-0.2, -0.15) is 0 Å². The molecule has 0 atom stereocenters. The molecule has 5 heteroatoms. The molecular weight excluding hydrogens is 150 g/mol. The summed E-state index contributed by atoms with van der Waals surface area (Å²) in [4.78, 5) is 9.77. The number of aromatic amines is 1. The Bertz CT molecular complexity index is 197. The molecule has 1 fully saturated rings. The summed E-state index contributed by atoms with van der Waals surface area (Å²) in [5.74, 6) is -0.994. The fourth-order valence-corrected chi connectivity index (χ4v) is 0.356. The molecule has 1 aliphatic rings. The average Bonchev–Trinajstić information content (AvgIpc) is 1.49. The molecule has 1 aliphatic heterocycles. The van der Waals surface area contributed by atoms with E-state index in [1.807, 2.05) is 0 Å². The van der Waals surface area contributed by atoms with E-state index < -0.39 is 5.97 Å². The Labute approximate surface area is 62.9 Å². The van der Waals surface area contributed by atoms with Crippen LogP contribution in [0.1, 0.15) is 16.9 Å². The average molecular weight is 159 g/mol. The number of carboxylic acid groups (broad SMARTS) is 1. The topological polar surface area (TPSA) is 75.5 Å². The van der Waals surface area contributed by atoms with Crippen molar-refractivity contribution in [1.29, 1.82) is 0 Å². The SMILES string of the molecule is C1COC1.O=C(O)c1co[nH]1. The zero-order chi connectivity index (χ0) is 8.10. The number of carboxylic acids is 1. The molecule has 2 heterocycles. The Morgan fingerprint density at radius 3 is 2.09 bits per heavy atom. The van der Waals surface area contributed by atoms with Crippen molar-refractivity contribution in [2.24, 2.45) is 0 Å². The summed E-state index contributed by atoms with van der Waals surface area (Å²) in [5, 5.41) is 10.1. The van der Waals surface area contributed by atoms with Crippen LogP contribution in [-0.4, -0.2) is 29.4 Å². The van der Waals surface area contributed by atoms with Gasteiger partial charge in [-0.15, -0.1) is 0 Å². The lowest BCUT2D eigenvalue weighted by Gasteiger charge is -2.09. The number of hydrogen-bond acceptors (Lipinski definition) is 3. The van der Waals surface area contributed by atoms with Gasteiger partial charge in [-0.25, -0.2) is 9.95 Å². The molecule has 0 aromatic carbocycles. The summed E-state index contributed by atoms with van der Waals surface area (Å²) >= 11 is 0. The Morgan fingerprint density at radius 1 is 1.64 bits per heavy atom. The largest absolute Gasteiger partial charge is 0.476 e. The van der Waals surface area contributed by atoms with E-state index >= 15 is 0 Å². The number of aromatic nitrogens is 1. The number of rotatable bonds is 1. The number of carbonyl (C=O) groups is 1. The molecule has 2 N–H and O–H groups in total. The molecule has 0 spiro atoms. The summed E-state index contributed by atoms with van der Waals surface area (Å²) in [6.07, 6.45) is 2.41. The molecule has 1 aromatic rings. The van der Waals surface area contributed by atoms with Crippen LogP contribution in [0.25, 0.3) is 0 Å². The number of ether oxygens (including phenoxy) is 1. The molecule has 0 radical (unpaired) electrons. The number of hydrogen-bond donors (Lipinski definition) is 2. The number of nitrogens with one attached hydrogen (secondary N) is 1. The standard InChI is InChI=1S/C3H3NO3.C3H6O/c5-3(6)2-1-7-4-2;1-2-4-3-1/h1,4H,(H,5,6);1-3H2. The van der Waals surface area contributed by atoms with Crippen molar-refractivity contribution in [2.45, 2.75) is 6.42 Å². The molecule has 0 aliphatic carbocycles. The Hall–Kier alpha value is -1.23. The van der Waals surface area contributed by atoms with Crippen LogP contribution >= 0.6 is 0 Å². The molecule has 1 saturated heterocycles. The van der Waals surface area contributed by atoms with Gasteiger partial charge in [0.15, 0.2) is 12.0 Å². The van der Waals surface area contributed by atoms with Crippen molar-refractivity contribution in [3.63, 3.8) is 0 Å². The zero-order valence-electron chi connectivity index (χ0n) is 5.87. The normalized spacial score (nSPS) is 14.5. The van der Waals surface area contributed by atoms with Crippen molar-refractivity contribution >= 4 is 5.97 Å². The fraction of sp³-hybridized carbons (Fsp3) is 0.500. The Balaban J connectivity index is 0.000000128. The lowest BCUT2D eigenvalue weighted by Crippen LogP contribution is -2.09. The maximum absolute atomic E-state index is 9.77. The maximum Gasteiger partial charge on any atom is 0.358 e. The minimum atomic E-state index is -0.994. The fourth-order valence-electron chi connectivity index (χ4n) is 0.356. The lowest BCUT2D eigenvalue weighted by atomic mass is 10.4. The van der Waals surface area contributed by atoms with E-state index in [-0.39, 0.29) is 5.69 Å². The predicted octanol–water partition coefficient (Wildman–Crippen LogP) is 0.713. The molecule has 1 aromatic heterocycles. The van der Waals surface area contributed by atoms with E-state index in [4.69, 9.17) is 9.84 Å². The van der Waals surface area contributed by atoms with Crippen LogP contribution in [-0.2, 0) is 4.74 Å². The number of aromatic carboxylic acids is 1. The van der Waals surface area contributed by atoms with E-state index in [0.29, 0.717) is 0 Å². The first kappa shape index (κ1) is 7.87.